The Morgan fingerprint density at radius 1 is 0.875 bits per heavy atom. The van der Waals surface area contributed by atoms with Crippen LogP contribution in [-0.2, 0) is 9.53 Å². The molecule has 5 aliphatic carbocycles. The van der Waals surface area contributed by atoms with Gasteiger partial charge in [-0.1, -0.05) is 65.0 Å². The Hall–Kier alpha value is -1.90. The third-order valence-corrected chi connectivity index (χ3v) is 14.5. The second kappa shape index (κ2) is 9.30. The van der Waals surface area contributed by atoms with Crippen molar-refractivity contribution < 1.29 is 14.3 Å². The van der Waals surface area contributed by atoms with Gasteiger partial charge in [-0.05, 0) is 123 Å². The Kier molecular flexibility index (Phi) is 6.56. The molecule has 0 aliphatic heterocycles. The molecular formula is C37H52O3. The van der Waals surface area contributed by atoms with Crippen LogP contribution >= 0.6 is 0 Å². The van der Waals surface area contributed by atoms with Crippen molar-refractivity contribution in [3.05, 3.63) is 48.0 Å². The third-order valence-electron chi connectivity index (χ3n) is 14.5. The molecule has 0 radical (unpaired) electrons. The number of fused-ring (bicyclic) bond motifs is 7. The van der Waals surface area contributed by atoms with Crippen LogP contribution < -0.4 is 0 Å². The van der Waals surface area contributed by atoms with Gasteiger partial charge >= 0.3 is 5.97 Å². The van der Waals surface area contributed by atoms with E-state index in [4.69, 9.17) is 4.74 Å². The van der Waals surface area contributed by atoms with Gasteiger partial charge in [0.15, 0.2) is 0 Å². The molecule has 218 valence electrons. The number of rotatable bonds is 4. The zero-order valence-electron chi connectivity index (χ0n) is 26.0. The van der Waals surface area contributed by atoms with Crippen LogP contribution in [-0.4, -0.2) is 18.4 Å². The van der Waals surface area contributed by atoms with Crippen molar-refractivity contribution in [1.82, 2.24) is 0 Å². The van der Waals surface area contributed by atoms with E-state index in [0.29, 0.717) is 47.5 Å². The topological polar surface area (TPSA) is 43.4 Å². The lowest BCUT2D eigenvalue weighted by Crippen LogP contribution is -2.66. The molecule has 3 nitrogen and oxygen atoms in total. The molecule has 5 fully saturated rings. The molecule has 0 saturated heterocycles. The van der Waals surface area contributed by atoms with Gasteiger partial charge in [-0.2, -0.15) is 0 Å². The van der Waals surface area contributed by atoms with Gasteiger partial charge in [-0.25, -0.2) is 4.79 Å². The van der Waals surface area contributed by atoms with Crippen LogP contribution in [0.5, 0.6) is 0 Å². The van der Waals surface area contributed by atoms with Gasteiger partial charge in [0, 0.05) is 17.3 Å². The zero-order chi connectivity index (χ0) is 28.7. The van der Waals surface area contributed by atoms with Crippen LogP contribution in [0.15, 0.2) is 42.5 Å². The van der Waals surface area contributed by atoms with Gasteiger partial charge in [0.05, 0.1) is 12.2 Å². The molecule has 1 aromatic carbocycles. The largest absolute Gasteiger partial charge is 0.461 e. The summed E-state index contributed by atoms with van der Waals surface area (Å²) in [5.41, 5.74) is 2.59. The maximum absolute atomic E-state index is 13.1. The SMILES string of the molecule is C=C(C)[C@@H]1CC[C@]2(COC(=O)c3ccccc3)CC[C@]3(C)C(CC[C@@H]4[C@@]5(C)CCC(=O)C(C)(C)[C@@H]5CC[C@]43C)[C@@H]12. The fourth-order valence-corrected chi connectivity index (χ4v) is 12.2. The van der Waals surface area contributed by atoms with Crippen LogP contribution in [0.2, 0.25) is 0 Å². The monoisotopic (exact) mass is 544 g/mol. The Labute approximate surface area is 242 Å². The predicted molar refractivity (Wildman–Crippen MR) is 161 cm³/mol. The van der Waals surface area contributed by atoms with Crippen LogP contribution in [0.4, 0.5) is 0 Å². The average Bonchev–Trinajstić information content (AvgIpc) is 3.31. The van der Waals surface area contributed by atoms with E-state index in [9.17, 15) is 9.59 Å². The van der Waals surface area contributed by atoms with E-state index >= 15 is 0 Å². The first-order chi connectivity index (χ1) is 18.8. The highest BCUT2D eigenvalue weighted by atomic mass is 16.5. The smallest absolute Gasteiger partial charge is 0.338 e. The number of carbonyl (C=O) groups is 2. The van der Waals surface area contributed by atoms with Gasteiger partial charge in [0.25, 0.3) is 0 Å². The van der Waals surface area contributed by atoms with E-state index < -0.39 is 0 Å². The standard InChI is InChI=1S/C37H52O3/c1-24(2)26-15-20-37(23-40-32(39)25-11-9-8-10-12-25)22-21-35(6)27(31(26)37)13-14-29-34(5)18-17-30(38)33(3,4)28(34)16-19-36(29,35)7/h8-12,26-29,31H,1,13-23H2,2-7H3/t26-,27?,28-,29+,31+,34-,35+,36+,37+/m0/s1. The summed E-state index contributed by atoms with van der Waals surface area (Å²) in [5, 5.41) is 0. The zero-order valence-corrected chi connectivity index (χ0v) is 26.0. The molecule has 0 aromatic heterocycles. The summed E-state index contributed by atoms with van der Waals surface area (Å²) < 4.78 is 6.16. The van der Waals surface area contributed by atoms with Gasteiger partial charge in [0.2, 0.25) is 0 Å². The van der Waals surface area contributed by atoms with Gasteiger partial charge < -0.3 is 4.74 Å². The lowest BCUT2D eigenvalue weighted by atomic mass is 9.32. The van der Waals surface area contributed by atoms with Crippen LogP contribution in [0.3, 0.4) is 0 Å². The molecule has 0 amide bonds. The van der Waals surface area contributed by atoms with Crippen LogP contribution in [0.25, 0.3) is 0 Å². The number of carbonyl (C=O) groups excluding carboxylic acids is 2. The molecule has 1 aromatic rings. The van der Waals surface area contributed by atoms with E-state index in [2.05, 4.69) is 48.1 Å². The Morgan fingerprint density at radius 2 is 1.60 bits per heavy atom. The normalized spacial score (nSPS) is 45.5. The lowest BCUT2D eigenvalue weighted by molar-refractivity contribution is -0.236. The number of benzene rings is 1. The van der Waals surface area contributed by atoms with Gasteiger partial charge in [0.1, 0.15) is 5.78 Å². The third kappa shape index (κ3) is 3.74. The molecule has 0 spiro atoms. The van der Waals surface area contributed by atoms with Crippen molar-refractivity contribution in [3.63, 3.8) is 0 Å². The molecule has 40 heavy (non-hydrogen) atoms. The summed E-state index contributed by atoms with van der Waals surface area (Å²) in [6.07, 6.45) is 11.4. The van der Waals surface area contributed by atoms with Crippen molar-refractivity contribution in [2.45, 2.75) is 106 Å². The molecular weight excluding hydrogens is 492 g/mol. The highest BCUT2D eigenvalue weighted by Crippen LogP contribution is 2.77. The first-order valence-corrected chi connectivity index (χ1v) is 16.2. The second-order valence-electron chi connectivity index (χ2n) is 16.1. The number of hydrogen-bond acceptors (Lipinski definition) is 3. The first kappa shape index (κ1) is 28.2. The molecule has 5 aliphatic rings. The minimum atomic E-state index is -0.201. The molecule has 5 saturated carbocycles. The Morgan fingerprint density at radius 3 is 2.30 bits per heavy atom. The fraction of sp³-hybridized carbons (Fsp3) is 0.730. The molecule has 0 N–H and O–H groups in total. The highest BCUT2D eigenvalue weighted by Gasteiger charge is 2.71. The summed E-state index contributed by atoms with van der Waals surface area (Å²) in [4.78, 5) is 26.1. The molecule has 1 unspecified atom stereocenters. The maximum atomic E-state index is 13.1. The Bertz CT molecular complexity index is 1200. The van der Waals surface area contributed by atoms with Gasteiger partial charge in [-0.3, -0.25) is 4.79 Å². The number of allylic oxidation sites excluding steroid dienone is 1. The summed E-state index contributed by atoms with van der Waals surface area (Å²) in [7, 11) is 0. The van der Waals surface area contributed by atoms with Crippen molar-refractivity contribution in [2.24, 2.45) is 56.7 Å². The number of ether oxygens (including phenoxy) is 1. The molecule has 0 bridgehead atoms. The molecule has 0 heterocycles. The van der Waals surface area contributed by atoms with E-state index in [1.165, 1.54) is 44.1 Å². The van der Waals surface area contributed by atoms with Crippen molar-refractivity contribution >= 4 is 11.8 Å². The van der Waals surface area contributed by atoms with Crippen molar-refractivity contribution in [2.75, 3.05) is 6.61 Å². The number of hydrogen-bond donors (Lipinski definition) is 0. The van der Waals surface area contributed by atoms with E-state index in [1.54, 1.807) is 0 Å². The van der Waals surface area contributed by atoms with Crippen molar-refractivity contribution in [3.8, 4) is 0 Å². The molecule has 3 heteroatoms. The van der Waals surface area contributed by atoms with Crippen LogP contribution in [0, 0.1) is 56.7 Å². The summed E-state index contributed by atoms with van der Waals surface area (Å²) in [6, 6.07) is 9.49. The van der Waals surface area contributed by atoms with E-state index in [-0.39, 0.29) is 33.0 Å². The minimum absolute atomic E-state index is 0.0573. The van der Waals surface area contributed by atoms with Crippen molar-refractivity contribution in [1.29, 1.82) is 0 Å². The fourth-order valence-electron chi connectivity index (χ4n) is 12.2. The number of ketones is 1. The lowest BCUT2D eigenvalue weighted by Gasteiger charge is -2.72. The number of Topliss-reactive ketones (excluding diaryl/α,β-unsaturated/α-hetero) is 1. The second-order valence-corrected chi connectivity index (χ2v) is 16.1. The van der Waals surface area contributed by atoms with Crippen LogP contribution in [0.1, 0.15) is 116 Å². The highest BCUT2D eigenvalue weighted by molar-refractivity contribution is 5.89. The van der Waals surface area contributed by atoms with Gasteiger partial charge in [-0.15, -0.1) is 0 Å². The van der Waals surface area contributed by atoms with E-state index in [0.717, 1.165) is 25.7 Å². The Balaban J connectivity index is 1.32. The minimum Gasteiger partial charge on any atom is -0.461 e. The van der Waals surface area contributed by atoms with E-state index in [1.807, 2.05) is 30.3 Å². The predicted octanol–water partition coefficient (Wildman–Crippen LogP) is 9.07. The maximum Gasteiger partial charge on any atom is 0.338 e. The molecule has 9 atom stereocenters. The quantitative estimate of drug-likeness (QED) is 0.280. The number of esters is 1. The first-order valence-electron chi connectivity index (χ1n) is 16.2. The average molecular weight is 545 g/mol. The summed E-state index contributed by atoms with van der Waals surface area (Å²) in [6.45, 7) is 19.7. The molecule has 6 rings (SSSR count). The summed E-state index contributed by atoms with van der Waals surface area (Å²) in [5.74, 6) is 3.13. The summed E-state index contributed by atoms with van der Waals surface area (Å²) >= 11 is 0.